The van der Waals surface area contributed by atoms with Gasteiger partial charge in [-0.15, -0.1) is 0 Å². The minimum Gasteiger partial charge on any atom is -0.506 e. The van der Waals surface area contributed by atoms with Gasteiger partial charge in [0.05, 0.1) is 15.2 Å². The summed E-state index contributed by atoms with van der Waals surface area (Å²) >= 11 is 6.52. The predicted octanol–water partition coefficient (Wildman–Crippen LogP) is 6.63. The van der Waals surface area contributed by atoms with Crippen molar-refractivity contribution in [3.05, 3.63) is 98.9 Å². The van der Waals surface area contributed by atoms with Gasteiger partial charge in [-0.3, -0.25) is 4.79 Å². The van der Waals surface area contributed by atoms with Crippen LogP contribution in [0.3, 0.4) is 0 Å². The predicted molar refractivity (Wildman–Crippen MR) is 129 cm³/mol. The normalized spacial score (nSPS) is 11.0. The molecule has 0 atom stereocenters. The van der Waals surface area contributed by atoms with E-state index in [1.54, 1.807) is 36.4 Å². The second-order valence-corrected chi connectivity index (χ2v) is 8.38. The fourth-order valence-electron chi connectivity index (χ4n) is 2.96. The Morgan fingerprint density at radius 3 is 2.35 bits per heavy atom. The molecule has 0 aliphatic rings. The van der Waals surface area contributed by atoms with Gasteiger partial charge in [0, 0.05) is 5.56 Å². The van der Waals surface area contributed by atoms with Crippen LogP contribution in [0.2, 0.25) is 0 Å². The van der Waals surface area contributed by atoms with Gasteiger partial charge in [-0.05, 0) is 90.7 Å². The number of benzene rings is 4. The molecule has 0 aromatic heterocycles. The Bertz CT molecular complexity index is 1280. The van der Waals surface area contributed by atoms with Gasteiger partial charge < -0.3 is 9.84 Å². The number of phenols is 1. The molecule has 7 heteroatoms. The maximum atomic E-state index is 12.5. The fourth-order valence-corrected chi connectivity index (χ4v) is 4.18. The second kappa shape index (κ2) is 9.32. The monoisotopic (exact) mass is 538 g/mol. The smallest absolute Gasteiger partial charge is 0.271 e. The van der Waals surface area contributed by atoms with Crippen LogP contribution in [0.1, 0.15) is 15.9 Å². The third-order valence-corrected chi connectivity index (χ3v) is 5.68. The molecule has 0 spiro atoms. The largest absolute Gasteiger partial charge is 0.506 e. The molecule has 4 aromatic rings. The van der Waals surface area contributed by atoms with Crippen molar-refractivity contribution in [1.29, 1.82) is 0 Å². The number of nitrogens with one attached hydrogen (secondary N) is 1. The first-order chi connectivity index (χ1) is 15.0. The molecule has 0 aliphatic heterocycles. The van der Waals surface area contributed by atoms with E-state index in [2.05, 4.69) is 42.4 Å². The van der Waals surface area contributed by atoms with Crippen LogP contribution in [-0.2, 0) is 0 Å². The molecule has 0 unspecified atom stereocenters. The van der Waals surface area contributed by atoms with E-state index in [9.17, 15) is 9.90 Å². The van der Waals surface area contributed by atoms with Crippen LogP contribution in [0.25, 0.3) is 10.8 Å². The van der Waals surface area contributed by atoms with Crippen molar-refractivity contribution < 1.29 is 14.6 Å². The number of carbonyl (C=O) groups is 1. The van der Waals surface area contributed by atoms with E-state index in [0.717, 1.165) is 10.8 Å². The highest BCUT2D eigenvalue weighted by Gasteiger charge is 2.08. The lowest BCUT2D eigenvalue weighted by Crippen LogP contribution is -2.17. The molecule has 4 rings (SSSR count). The van der Waals surface area contributed by atoms with Crippen LogP contribution in [-0.4, -0.2) is 17.2 Å². The number of aromatic hydroxyl groups is 1. The molecular weight excluding hydrogens is 524 g/mol. The lowest BCUT2D eigenvalue weighted by Gasteiger charge is -2.08. The van der Waals surface area contributed by atoms with E-state index in [4.69, 9.17) is 4.74 Å². The zero-order chi connectivity index (χ0) is 21.8. The summed E-state index contributed by atoms with van der Waals surface area (Å²) in [5, 5.41) is 16.0. The number of nitrogens with zero attached hydrogens (tertiary/aromatic N) is 1. The van der Waals surface area contributed by atoms with Crippen molar-refractivity contribution in [3.8, 4) is 17.2 Å². The zero-order valence-corrected chi connectivity index (χ0v) is 19.2. The van der Waals surface area contributed by atoms with Crippen molar-refractivity contribution in [2.75, 3.05) is 0 Å². The molecular formula is C24H16Br2N2O3. The number of phenolic OH excluding ortho intramolecular Hbond substituents is 1. The van der Waals surface area contributed by atoms with Crippen LogP contribution in [0.4, 0.5) is 0 Å². The van der Waals surface area contributed by atoms with Gasteiger partial charge in [0.2, 0.25) is 0 Å². The number of fused-ring (bicyclic) bond motifs is 1. The first-order valence-electron chi connectivity index (χ1n) is 9.28. The van der Waals surface area contributed by atoms with Crippen molar-refractivity contribution in [2.45, 2.75) is 0 Å². The van der Waals surface area contributed by atoms with Crippen LogP contribution < -0.4 is 10.2 Å². The Morgan fingerprint density at radius 2 is 1.58 bits per heavy atom. The highest BCUT2D eigenvalue weighted by atomic mass is 79.9. The second-order valence-electron chi connectivity index (χ2n) is 6.67. The molecule has 0 heterocycles. The Balaban J connectivity index is 1.45. The molecule has 0 bridgehead atoms. The number of carbonyl (C=O) groups excluding carboxylic acids is 1. The van der Waals surface area contributed by atoms with Crippen LogP contribution >= 0.6 is 31.9 Å². The number of hydrogen-bond acceptors (Lipinski definition) is 4. The van der Waals surface area contributed by atoms with Gasteiger partial charge in [0.15, 0.2) is 0 Å². The summed E-state index contributed by atoms with van der Waals surface area (Å²) < 4.78 is 6.98. The minimum atomic E-state index is -0.364. The van der Waals surface area contributed by atoms with Crippen molar-refractivity contribution in [1.82, 2.24) is 5.43 Å². The Morgan fingerprint density at radius 1 is 0.871 bits per heavy atom. The van der Waals surface area contributed by atoms with Crippen molar-refractivity contribution in [3.63, 3.8) is 0 Å². The quantitative estimate of drug-likeness (QED) is 0.221. The summed E-state index contributed by atoms with van der Waals surface area (Å²) in [7, 11) is 0. The number of halogens is 2. The maximum Gasteiger partial charge on any atom is 0.271 e. The fraction of sp³-hybridized carbons (Fsp3) is 0. The number of hydrazone groups is 1. The summed E-state index contributed by atoms with van der Waals surface area (Å²) in [6.45, 7) is 0. The van der Waals surface area contributed by atoms with E-state index in [1.165, 1.54) is 6.21 Å². The van der Waals surface area contributed by atoms with Crippen LogP contribution in [0.5, 0.6) is 17.2 Å². The Labute approximate surface area is 195 Å². The molecule has 0 radical (unpaired) electrons. The van der Waals surface area contributed by atoms with E-state index in [1.807, 2.05) is 42.5 Å². The highest BCUT2D eigenvalue weighted by molar-refractivity contribution is 9.11. The molecule has 0 fully saturated rings. The number of hydrogen-bond donors (Lipinski definition) is 2. The number of rotatable bonds is 5. The van der Waals surface area contributed by atoms with Crippen LogP contribution in [0, 0.1) is 0 Å². The van der Waals surface area contributed by atoms with Gasteiger partial charge in [0.1, 0.15) is 17.2 Å². The molecule has 0 aliphatic carbocycles. The highest BCUT2D eigenvalue weighted by Crippen LogP contribution is 2.32. The van der Waals surface area contributed by atoms with Crippen molar-refractivity contribution >= 4 is 54.8 Å². The van der Waals surface area contributed by atoms with Gasteiger partial charge in [-0.1, -0.05) is 36.4 Å². The summed E-state index contributed by atoms with van der Waals surface area (Å²) in [6, 6.07) is 24.2. The molecule has 154 valence electrons. The van der Waals surface area contributed by atoms with Gasteiger partial charge in [0.25, 0.3) is 5.91 Å². The SMILES string of the molecule is O=C(NN=Cc1cc(Br)c(O)c(Br)c1)c1cccc(Oc2ccc3ccccc3c2)c1. The Kier molecular flexibility index (Phi) is 6.34. The zero-order valence-electron chi connectivity index (χ0n) is 16.0. The number of amides is 1. The topological polar surface area (TPSA) is 70.9 Å². The summed E-state index contributed by atoms with van der Waals surface area (Å²) in [4.78, 5) is 12.5. The van der Waals surface area contributed by atoms with Gasteiger partial charge in [-0.25, -0.2) is 5.43 Å². The maximum absolute atomic E-state index is 12.5. The summed E-state index contributed by atoms with van der Waals surface area (Å²) in [6.07, 6.45) is 1.49. The molecule has 0 saturated heterocycles. The first kappa shape index (κ1) is 21.1. The summed E-state index contributed by atoms with van der Waals surface area (Å²) in [5.74, 6) is 0.984. The molecule has 1 amide bonds. The molecule has 0 saturated carbocycles. The lowest BCUT2D eigenvalue weighted by atomic mass is 10.1. The average Bonchev–Trinajstić information content (AvgIpc) is 2.77. The third-order valence-electron chi connectivity index (χ3n) is 4.47. The lowest BCUT2D eigenvalue weighted by molar-refractivity contribution is 0.0955. The molecule has 5 nitrogen and oxygen atoms in total. The van der Waals surface area contributed by atoms with E-state index in [-0.39, 0.29) is 11.7 Å². The van der Waals surface area contributed by atoms with E-state index >= 15 is 0 Å². The molecule has 31 heavy (non-hydrogen) atoms. The Hall–Kier alpha value is -3.16. The summed E-state index contributed by atoms with van der Waals surface area (Å²) in [5.41, 5.74) is 3.62. The van der Waals surface area contributed by atoms with Gasteiger partial charge >= 0.3 is 0 Å². The molecule has 2 N–H and O–H groups in total. The average molecular weight is 540 g/mol. The minimum absolute atomic E-state index is 0.101. The van der Waals surface area contributed by atoms with E-state index in [0.29, 0.717) is 31.6 Å². The molecule has 4 aromatic carbocycles. The van der Waals surface area contributed by atoms with E-state index < -0.39 is 0 Å². The number of ether oxygens (including phenoxy) is 1. The standard InChI is InChI=1S/C24H16Br2N2O3/c25-21-10-15(11-22(26)23(21)29)14-27-28-24(30)18-6-3-7-19(13-18)31-20-9-8-16-4-1-2-5-17(16)12-20/h1-14,29H,(H,28,30). The van der Waals surface area contributed by atoms with Crippen LogP contribution in [0.15, 0.2) is 92.9 Å². The van der Waals surface area contributed by atoms with Crippen molar-refractivity contribution in [2.24, 2.45) is 5.10 Å². The van der Waals surface area contributed by atoms with Gasteiger partial charge in [-0.2, -0.15) is 5.10 Å². The first-order valence-corrected chi connectivity index (χ1v) is 10.9. The third kappa shape index (κ3) is 5.13.